The van der Waals surface area contributed by atoms with Gasteiger partial charge in [-0.2, -0.15) is 0 Å². The molecule has 0 fully saturated rings. The van der Waals surface area contributed by atoms with Crippen LogP contribution in [0.1, 0.15) is 38.8 Å². The Labute approximate surface area is 137 Å². The monoisotopic (exact) mass is 350 g/mol. The highest BCUT2D eigenvalue weighted by atomic mass is 79.9. The van der Waals surface area contributed by atoms with Crippen LogP contribution in [0.25, 0.3) is 0 Å². The molecule has 0 unspecified atom stereocenters. The van der Waals surface area contributed by atoms with Crippen molar-refractivity contribution in [1.82, 2.24) is 0 Å². The quantitative estimate of drug-likeness (QED) is 0.665. The zero-order valence-corrected chi connectivity index (χ0v) is 15.3. The zero-order chi connectivity index (χ0) is 16.3. The molecule has 116 valence electrons. The van der Waals surface area contributed by atoms with Gasteiger partial charge >= 0.3 is 0 Å². The largest absolute Gasteiger partial charge is 0.397 e. The predicted octanol–water partition coefficient (Wildman–Crippen LogP) is 6.00. The number of rotatable bonds is 3. The summed E-state index contributed by atoms with van der Waals surface area (Å²) in [4.78, 5) is 0. The summed E-state index contributed by atoms with van der Waals surface area (Å²) in [5.41, 5.74) is 10.1. The number of hydrogen-bond acceptors (Lipinski definition) is 2. The summed E-state index contributed by atoms with van der Waals surface area (Å²) < 4.78 is 1.03. The highest BCUT2D eigenvalue weighted by molar-refractivity contribution is 9.10. The number of nitrogen functional groups attached to an aromatic ring is 1. The van der Waals surface area contributed by atoms with Gasteiger partial charge in [0.05, 0.1) is 11.4 Å². The van der Waals surface area contributed by atoms with Crippen LogP contribution in [0.3, 0.4) is 0 Å². The topological polar surface area (TPSA) is 38.0 Å². The molecule has 0 saturated heterocycles. The fourth-order valence-electron chi connectivity index (χ4n) is 1.58. The van der Waals surface area contributed by atoms with E-state index in [1.807, 2.05) is 45.9 Å². The fraction of sp³-hybridized carbons (Fsp3) is 0.333. The van der Waals surface area contributed by atoms with Crippen LogP contribution in [0.4, 0.5) is 11.4 Å². The lowest BCUT2D eigenvalue weighted by molar-refractivity contribution is 1.14. The molecule has 0 aliphatic rings. The van der Waals surface area contributed by atoms with Gasteiger partial charge in [0, 0.05) is 11.0 Å². The number of nitrogens with two attached hydrogens (primary N) is 1. The predicted molar refractivity (Wildman–Crippen MR) is 99.8 cm³/mol. The van der Waals surface area contributed by atoms with Crippen molar-refractivity contribution < 1.29 is 0 Å². The second-order valence-electron chi connectivity index (χ2n) is 4.07. The summed E-state index contributed by atoms with van der Waals surface area (Å²) in [5.74, 6) is 0. The van der Waals surface area contributed by atoms with E-state index in [2.05, 4.69) is 52.4 Å². The molecular formula is C18H27BrN2. The molecule has 0 heterocycles. The summed E-state index contributed by atoms with van der Waals surface area (Å²) in [7, 11) is 0. The van der Waals surface area contributed by atoms with Crippen LogP contribution < -0.4 is 11.1 Å². The van der Waals surface area contributed by atoms with Crippen molar-refractivity contribution in [3.8, 4) is 0 Å². The maximum absolute atomic E-state index is 5.89. The molecule has 0 spiro atoms. The highest BCUT2D eigenvalue weighted by Gasteiger charge is 1.99. The van der Waals surface area contributed by atoms with Gasteiger partial charge in [0.2, 0.25) is 0 Å². The van der Waals surface area contributed by atoms with Crippen molar-refractivity contribution >= 4 is 27.3 Å². The maximum atomic E-state index is 5.89. The van der Waals surface area contributed by atoms with Crippen molar-refractivity contribution in [2.45, 2.75) is 41.2 Å². The van der Waals surface area contributed by atoms with E-state index in [9.17, 15) is 0 Å². The minimum absolute atomic E-state index is 0.764. The number of anilines is 2. The van der Waals surface area contributed by atoms with Crippen molar-refractivity contribution in [2.75, 3.05) is 11.1 Å². The number of aryl methyl sites for hydroxylation is 1. The van der Waals surface area contributed by atoms with E-state index in [0.717, 1.165) is 22.4 Å². The van der Waals surface area contributed by atoms with Gasteiger partial charge in [-0.05, 0) is 30.7 Å². The first-order chi connectivity index (χ1) is 10.1. The fourth-order valence-corrected chi connectivity index (χ4v) is 1.95. The molecule has 0 aliphatic carbocycles. The van der Waals surface area contributed by atoms with Crippen LogP contribution in [0.2, 0.25) is 0 Å². The van der Waals surface area contributed by atoms with Crippen LogP contribution in [0.5, 0.6) is 0 Å². The molecule has 21 heavy (non-hydrogen) atoms. The van der Waals surface area contributed by atoms with Gasteiger partial charge < -0.3 is 11.1 Å². The lowest BCUT2D eigenvalue weighted by atomic mass is 10.1. The van der Waals surface area contributed by atoms with E-state index in [-0.39, 0.29) is 0 Å². The van der Waals surface area contributed by atoms with Crippen molar-refractivity contribution in [2.24, 2.45) is 0 Å². The van der Waals surface area contributed by atoms with Crippen molar-refractivity contribution in [3.05, 3.63) is 58.1 Å². The van der Waals surface area contributed by atoms with Crippen molar-refractivity contribution in [1.29, 1.82) is 0 Å². The molecule has 0 radical (unpaired) electrons. The van der Waals surface area contributed by atoms with Crippen LogP contribution in [0.15, 0.2) is 46.9 Å². The van der Waals surface area contributed by atoms with Gasteiger partial charge in [-0.15, -0.1) is 0 Å². The normalized spacial score (nSPS) is 8.86. The van der Waals surface area contributed by atoms with E-state index < -0.39 is 0 Å². The first-order valence-electron chi connectivity index (χ1n) is 7.49. The van der Waals surface area contributed by atoms with E-state index in [0.29, 0.717) is 0 Å². The Balaban J connectivity index is 0.000000921. The molecular weight excluding hydrogens is 324 g/mol. The Kier molecular flexibility index (Phi) is 10.4. The van der Waals surface area contributed by atoms with Crippen LogP contribution in [-0.2, 0) is 6.54 Å². The standard InChI is InChI=1S/C14H15BrN2.2C2H6/c1-10-2-4-11(5-3-10)9-17-14-8-12(15)6-7-13(14)16;2*1-2/h2-8,17H,9,16H2,1H3;2*1-2H3. The molecule has 2 rings (SSSR count). The molecule has 0 aromatic heterocycles. The summed E-state index contributed by atoms with van der Waals surface area (Å²) in [6.07, 6.45) is 0. The number of halogens is 1. The maximum Gasteiger partial charge on any atom is 0.0587 e. The molecule has 0 bridgehead atoms. The lowest BCUT2D eigenvalue weighted by Gasteiger charge is -2.10. The van der Waals surface area contributed by atoms with E-state index in [1.165, 1.54) is 11.1 Å². The molecule has 0 atom stereocenters. The summed E-state index contributed by atoms with van der Waals surface area (Å²) in [6.45, 7) is 10.9. The Morgan fingerprint density at radius 1 is 0.952 bits per heavy atom. The SMILES string of the molecule is CC.CC.Cc1ccc(CNc2cc(Br)ccc2N)cc1. The average molecular weight is 351 g/mol. The number of benzene rings is 2. The molecule has 2 nitrogen and oxygen atoms in total. The average Bonchev–Trinajstić information content (AvgIpc) is 2.54. The second-order valence-corrected chi connectivity index (χ2v) is 4.99. The second kappa shape index (κ2) is 11.2. The first-order valence-corrected chi connectivity index (χ1v) is 8.29. The highest BCUT2D eigenvalue weighted by Crippen LogP contribution is 2.23. The number of hydrogen-bond donors (Lipinski definition) is 2. The molecule has 2 aromatic carbocycles. The first kappa shape index (κ1) is 19.5. The molecule has 2 aromatic rings. The molecule has 0 saturated carbocycles. The van der Waals surface area contributed by atoms with Gasteiger partial charge in [-0.25, -0.2) is 0 Å². The van der Waals surface area contributed by atoms with E-state index in [4.69, 9.17) is 5.73 Å². The van der Waals surface area contributed by atoms with Crippen LogP contribution in [0, 0.1) is 6.92 Å². The van der Waals surface area contributed by atoms with Gasteiger partial charge in [0.25, 0.3) is 0 Å². The number of nitrogens with one attached hydrogen (secondary N) is 1. The minimum Gasteiger partial charge on any atom is -0.397 e. The summed E-state index contributed by atoms with van der Waals surface area (Å²) >= 11 is 3.44. The third-order valence-electron chi connectivity index (χ3n) is 2.62. The van der Waals surface area contributed by atoms with Gasteiger partial charge in [-0.3, -0.25) is 0 Å². The Morgan fingerprint density at radius 2 is 1.52 bits per heavy atom. The Morgan fingerprint density at radius 3 is 2.10 bits per heavy atom. The summed E-state index contributed by atoms with van der Waals surface area (Å²) in [5, 5.41) is 3.33. The Hall–Kier alpha value is -1.48. The Bertz CT molecular complexity index is 507. The third-order valence-corrected chi connectivity index (χ3v) is 3.11. The van der Waals surface area contributed by atoms with Crippen molar-refractivity contribution in [3.63, 3.8) is 0 Å². The lowest BCUT2D eigenvalue weighted by Crippen LogP contribution is -2.02. The van der Waals surface area contributed by atoms with Gasteiger partial charge in [-0.1, -0.05) is 73.5 Å². The molecule has 0 amide bonds. The zero-order valence-electron chi connectivity index (χ0n) is 13.7. The smallest absolute Gasteiger partial charge is 0.0587 e. The third kappa shape index (κ3) is 7.19. The van der Waals surface area contributed by atoms with Crippen LogP contribution >= 0.6 is 15.9 Å². The molecule has 3 heteroatoms. The molecule has 3 N–H and O–H groups in total. The summed E-state index contributed by atoms with van der Waals surface area (Å²) in [6, 6.07) is 14.3. The van der Waals surface area contributed by atoms with Gasteiger partial charge in [0.15, 0.2) is 0 Å². The van der Waals surface area contributed by atoms with Gasteiger partial charge in [0.1, 0.15) is 0 Å². The van der Waals surface area contributed by atoms with E-state index >= 15 is 0 Å². The van der Waals surface area contributed by atoms with E-state index in [1.54, 1.807) is 0 Å². The van der Waals surface area contributed by atoms with Crippen LogP contribution in [-0.4, -0.2) is 0 Å². The minimum atomic E-state index is 0.764. The molecule has 0 aliphatic heterocycles.